The normalized spacial score (nSPS) is 10.9. The molecule has 1 N–H and O–H groups in total. The summed E-state index contributed by atoms with van der Waals surface area (Å²) in [4.78, 5) is 12.3. The fourth-order valence-electron chi connectivity index (χ4n) is 2.51. The van der Waals surface area contributed by atoms with Crippen LogP contribution in [0.1, 0.15) is 10.4 Å². The topological polar surface area (TPSA) is 90.4 Å². The zero-order valence-corrected chi connectivity index (χ0v) is 15.3. The minimum Gasteiger partial charge on any atom is -0.493 e. The molecule has 0 aliphatic carbocycles. The lowest BCUT2D eigenvalue weighted by molar-refractivity contribution is 0.102. The zero-order chi connectivity index (χ0) is 19.0. The summed E-state index contributed by atoms with van der Waals surface area (Å²) in [6.07, 6.45) is 0. The maximum absolute atomic E-state index is 12.3. The van der Waals surface area contributed by atoms with E-state index in [0.29, 0.717) is 22.1 Å². The summed E-state index contributed by atoms with van der Waals surface area (Å²) in [6, 6.07) is 11.7. The molecule has 4 aromatic rings. The summed E-state index contributed by atoms with van der Waals surface area (Å²) in [5.74, 6) is 0.524. The average Bonchev–Trinajstić information content (AvgIpc) is 3.29. The van der Waals surface area contributed by atoms with Crippen LogP contribution >= 0.6 is 23.2 Å². The van der Waals surface area contributed by atoms with E-state index in [2.05, 4.69) is 15.5 Å². The predicted octanol–water partition coefficient (Wildman–Crippen LogP) is 5.05. The first-order valence-corrected chi connectivity index (χ1v) is 8.47. The van der Waals surface area contributed by atoms with Crippen molar-refractivity contribution in [2.24, 2.45) is 0 Å². The Hall–Kier alpha value is -3.03. The molecule has 0 saturated heterocycles. The molecule has 136 valence electrons. The molecular formula is C18H11Cl2N3O4. The van der Waals surface area contributed by atoms with E-state index < -0.39 is 5.91 Å². The van der Waals surface area contributed by atoms with Gasteiger partial charge in [0.25, 0.3) is 11.8 Å². The number of nitrogens with one attached hydrogen (secondary N) is 1. The Kier molecular flexibility index (Phi) is 4.47. The van der Waals surface area contributed by atoms with Crippen molar-refractivity contribution in [1.29, 1.82) is 0 Å². The second-order valence-electron chi connectivity index (χ2n) is 5.48. The quantitative estimate of drug-likeness (QED) is 0.512. The van der Waals surface area contributed by atoms with Gasteiger partial charge in [-0.3, -0.25) is 10.1 Å². The van der Waals surface area contributed by atoms with Crippen molar-refractivity contribution in [1.82, 2.24) is 10.2 Å². The van der Waals surface area contributed by atoms with Gasteiger partial charge < -0.3 is 13.6 Å². The molecule has 0 aliphatic heterocycles. The maximum atomic E-state index is 12.3. The van der Waals surface area contributed by atoms with Gasteiger partial charge in [-0.15, -0.1) is 5.10 Å². The summed E-state index contributed by atoms with van der Waals surface area (Å²) in [5, 5.41) is 11.6. The summed E-state index contributed by atoms with van der Waals surface area (Å²) < 4.78 is 16.5. The largest absolute Gasteiger partial charge is 0.493 e. The summed E-state index contributed by atoms with van der Waals surface area (Å²) >= 11 is 11.9. The Morgan fingerprint density at radius 1 is 1.11 bits per heavy atom. The molecule has 1 amide bonds. The molecule has 0 spiro atoms. The van der Waals surface area contributed by atoms with Crippen LogP contribution in [0.5, 0.6) is 5.75 Å². The predicted molar refractivity (Wildman–Crippen MR) is 100 cm³/mol. The lowest BCUT2D eigenvalue weighted by atomic mass is 10.2. The number of anilines is 1. The van der Waals surface area contributed by atoms with Gasteiger partial charge >= 0.3 is 6.01 Å². The minimum absolute atomic E-state index is 0.0986. The van der Waals surface area contributed by atoms with Crippen LogP contribution < -0.4 is 10.1 Å². The van der Waals surface area contributed by atoms with E-state index in [1.807, 2.05) is 12.1 Å². The number of para-hydroxylation sites is 1. The molecule has 0 radical (unpaired) electrons. The number of ether oxygens (including phenoxy) is 1. The SMILES string of the molecule is COc1cccc2cc(-c3nnc(NC(=O)c4cc(Cl)ccc4Cl)o3)oc12. The first kappa shape index (κ1) is 17.4. The molecule has 27 heavy (non-hydrogen) atoms. The van der Waals surface area contributed by atoms with Crippen LogP contribution in [0, 0.1) is 0 Å². The van der Waals surface area contributed by atoms with Crippen molar-refractivity contribution in [3.05, 3.63) is 58.1 Å². The Balaban J connectivity index is 1.60. The van der Waals surface area contributed by atoms with Crippen LogP contribution in [0.4, 0.5) is 6.01 Å². The van der Waals surface area contributed by atoms with E-state index in [-0.39, 0.29) is 22.5 Å². The highest BCUT2D eigenvalue weighted by molar-refractivity contribution is 6.36. The Morgan fingerprint density at radius 2 is 1.96 bits per heavy atom. The Labute approximate surface area is 162 Å². The van der Waals surface area contributed by atoms with Crippen LogP contribution in [0.25, 0.3) is 22.6 Å². The fraction of sp³-hybridized carbons (Fsp3) is 0.0556. The van der Waals surface area contributed by atoms with Crippen LogP contribution in [0.15, 0.2) is 51.3 Å². The number of amides is 1. The molecule has 2 aromatic carbocycles. The van der Waals surface area contributed by atoms with Crippen molar-refractivity contribution in [2.75, 3.05) is 12.4 Å². The van der Waals surface area contributed by atoms with Crippen LogP contribution in [-0.4, -0.2) is 23.2 Å². The number of methoxy groups -OCH3 is 1. The first-order valence-electron chi connectivity index (χ1n) is 7.72. The van der Waals surface area contributed by atoms with Gasteiger partial charge in [0.2, 0.25) is 0 Å². The number of aromatic nitrogens is 2. The molecule has 2 aromatic heterocycles. The van der Waals surface area contributed by atoms with Crippen molar-refractivity contribution in [3.8, 4) is 17.4 Å². The second kappa shape index (κ2) is 6.94. The van der Waals surface area contributed by atoms with Gasteiger partial charge in [-0.2, -0.15) is 0 Å². The van der Waals surface area contributed by atoms with Crippen LogP contribution in [0.3, 0.4) is 0 Å². The lowest BCUT2D eigenvalue weighted by Gasteiger charge is -2.03. The Morgan fingerprint density at radius 3 is 2.78 bits per heavy atom. The monoisotopic (exact) mass is 403 g/mol. The molecule has 0 unspecified atom stereocenters. The number of hydrogen-bond donors (Lipinski definition) is 1. The second-order valence-corrected chi connectivity index (χ2v) is 6.32. The average molecular weight is 404 g/mol. The van der Waals surface area contributed by atoms with E-state index in [1.165, 1.54) is 12.1 Å². The van der Waals surface area contributed by atoms with E-state index in [1.54, 1.807) is 25.3 Å². The number of carbonyl (C=O) groups excluding carboxylic acids is 1. The van der Waals surface area contributed by atoms with Crippen molar-refractivity contribution in [2.45, 2.75) is 0 Å². The molecule has 0 aliphatic rings. The highest BCUT2D eigenvalue weighted by Gasteiger charge is 2.18. The van der Waals surface area contributed by atoms with Gasteiger partial charge in [0.05, 0.1) is 17.7 Å². The number of fused-ring (bicyclic) bond motifs is 1. The van der Waals surface area contributed by atoms with E-state index >= 15 is 0 Å². The van der Waals surface area contributed by atoms with Gasteiger partial charge in [0.15, 0.2) is 17.1 Å². The molecule has 7 nitrogen and oxygen atoms in total. The summed E-state index contributed by atoms with van der Waals surface area (Å²) in [7, 11) is 1.55. The van der Waals surface area contributed by atoms with Gasteiger partial charge in [0, 0.05) is 10.4 Å². The fourth-order valence-corrected chi connectivity index (χ4v) is 2.89. The van der Waals surface area contributed by atoms with Crippen molar-refractivity contribution < 1.29 is 18.4 Å². The summed E-state index contributed by atoms with van der Waals surface area (Å²) in [5.41, 5.74) is 0.752. The number of nitrogens with zero attached hydrogens (tertiary/aromatic N) is 2. The van der Waals surface area contributed by atoms with Crippen LogP contribution in [-0.2, 0) is 0 Å². The number of benzene rings is 2. The minimum atomic E-state index is -0.524. The summed E-state index contributed by atoms with van der Waals surface area (Å²) in [6.45, 7) is 0. The first-order chi connectivity index (χ1) is 13.0. The number of furan rings is 1. The molecule has 0 bridgehead atoms. The van der Waals surface area contributed by atoms with E-state index in [9.17, 15) is 4.79 Å². The molecule has 9 heteroatoms. The third-order valence-electron chi connectivity index (χ3n) is 3.76. The van der Waals surface area contributed by atoms with Gasteiger partial charge in [-0.1, -0.05) is 40.4 Å². The van der Waals surface area contributed by atoms with E-state index in [0.717, 1.165) is 5.39 Å². The van der Waals surface area contributed by atoms with Crippen molar-refractivity contribution >= 4 is 46.1 Å². The van der Waals surface area contributed by atoms with Gasteiger partial charge in [0.1, 0.15) is 0 Å². The molecule has 4 rings (SSSR count). The zero-order valence-electron chi connectivity index (χ0n) is 13.8. The third kappa shape index (κ3) is 3.34. The van der Waals surface area contributed by atoms with Crippen molar-refractivity contribution in [3.63, 3.8) is 0 Å². The van der Waals surface area contributed by atoms with E-state index in [4.69, 9.17) is 36.8 Å². The number of rotatable bonds is 4. The molecule has 0 fully saturated rings. The lowest BCUT2D eigenvalue weighted by Crippen LogP contribution is -2.12. The number of hydrogen-bond acceptors (Lipinski definition) is 6. The highest BCUT2D eigenvalue weighted by atomic mass is 35.5. The smallest absolute Gasteiger partial charge is 0.322 e. The van der Waals surface area contributed by atoms with Crippen LogP contribution in [0.2, 0.25) is 10.0 Å². The molecular weight excluding hydrogens is 393 g/mol. The maximum Gasteiger partial charge on any atom is 0.322 e. The highest BCUT2D eigenvalue weighted by Crippen LogP contribution is 2.33. The van der Waals surface area contributed by atoms with Gasteiger partial charge in [-0.05, 0) is 30.3 Å². The molecule has 0 saturated carbocycles. The number of halogens is 2. The standard InChI is InChI=1S/C18H11Cl2N3O4/c1-25-13-4-2-3-9-7-14(26-15(9)13)17-22-23-18(27-17)21-16(24)11-8-10(19)5-6-12(11)20/h2-8H,1H3,(H,21,23,24). The number of carbonyl (C=O) groups is 1. The Bertz CT molecular complexity index is 1150. The molecule has 2 heterocycles. The van der Waals surface area contributed by atoms with Gasteiger partial charge in [-0.25, -0.2) is 0 Å². The third-order valence-corrected chi connectivity index (χ3v) is 4.32. The molecule has 0 atom stereocenters.